The summed E-state index contributed by atoms with van der Waals surface area (Å²) in [6.07, 6.45) is 2.45. The fourth-order valence-electron chi connectivity index (χ4n) is 2.33. The molecular formula is C14H31N3. The SMILES string of the molecule is CCC1CN(CCNC(C)(C)CC)CCN1C. The summed E-state index contributed by atoms with van der Waals surface area (Å²) in [7, 11) is 2.25. The first kappa shape index (κ1) is 14.9. The van der Waals surface area contributed by atoms with Crippen LogP contribution in [0.3, 0.4) is 0 Å². The van der Waals surface area contributed by atoms with Gasteiger partial charge in [0, 0.05) is 44.3 Å². The third-order valence-electron chi connectivity index (χ3n) is 4.25. The molecule has 1 unspecified atom stereocenters. The second-order valence-corrected chi connectivity index (χ2v) is 6.01. The van der Waals surface area contributed by atoms with Crippen molar-refractivity contribution in [2.45, 2.75) is 52.1 Å². The summed E-state index contributed by atoms with van der Waals surface area (Å²) in [5, 5.41) is 3.64. The van der Waals surface area contributed by atoms with Gasteiger partial charge >= 0.3 is 0 Å². The zero-order valence-electron chi connectivity index (χ0n) is 12.4. The Morgan fingerprint density at radius 1 is 1.24 bits per heavy atom. The van der Waals surface area contributed by atoms with E-state index in [0.717, 1.165) is 12.6 Å². The van der Waals surface area contributed by atoms with E-state index in [1.165, 1.54) is 39.0 Å². The molecule has 1 saturated heterocycles. The van der Waals surface area contributed by atoms with Crippen LogP contribution in [-0.4, -0.2) is 61.2 Å². The minimum Gasteiger partial charge on any atom is -0.311 e. The summed E-state index contributed by atoms with van der Waals surface area (Å²) >= 11 is 0. The lowest BCUT2D eigenvalue weighted by molar-refractivity contribution is 0.0923. The van der Waals surface area contributed by atoms with Crippen LogP contribution in [0.5, 0.6) is 0 Å². The summed E-state index contributed by atoms with van der Waals surface area (Å²) in [5.74, 6) is 0. The van der Waals surface area contributed by atoms with E-state index in [1.54, 1.807) is 0 Å². The number of piperazine rings is 1. The average molecular weight is 241 g/mol. The van der Waals surface area contributed by atoms with Crippen LogP contribution in [0.25, 0.3) is 0 Å². The van der Waals surface area contributed by atoms with Gasteiger partial charge in [-0.1, -0.05) is 13.8 Å². The molecule has 3 nitrogen and oxygen atoms in total. The molecule has 0 bridgehead atoms. The highest BCUT2D eigenvalue weighted by Gasteiger charge is 2.22. The van der Waals surface area contributed by atoms with Gasteiger partial charge in [0.05, 0.1) is 0 Å². The number of hydrogen-bond donors (Lipinski definition) is 1. The van der Waals surface area contributed by atoms with Crippen molar-refractivity contribution in [2.75, 3.05) is 39.8 Å². The van der Waals surface area contributed by atoms with Gasteiger partial charge in [0.25, 0.3) is 0 Å². The lowest BCUT2D eigenvalue weighted by atomic mass is 10.0. The van der Waals surface area contributed by atoms with E-state index in [9.17, 15) is 0 Å². The van der Waals surface area contributed by atoms with Crippen molar-refractivity contribution in [2.24, 2.45) is 0 Å². The average Bonchev–Trinajstić information content (AvgIpc) is 2.31. The molecule has 1 heterocycles. The second kappa shape index (κ2) is 6.72. The van der Waals surface area contributed by atoms with Crippen molar-refractivity contribution in [3.63, 3.8) is 0 Å². The summed E-state index contributed by atoms with van der Waals surface area (Å²) in [6.45, 7) is 15.1. The molecule has 0 spiro atoms. The van der Waals surface area contributed by atoms with Crippen molar-refractivity contribution in [1.82, 2.24) is 15.1 Å². The van der Waals surface area contributed by atoms with Crippen LogP contribution < -0.4 is 5.32 Å². The van der Waals surface area contributed by atoms with Gasteiger partial charge in [-0.3, -0.25) is 4.90 Å². The van der Waals surface area contributed by atoms with Crippen LogP contribution in [-0.2, 0) is 0 Å². The van der Waals surface area contributed by atoms with Crippen LogP contribution in [0, 0.1) is 0 Å². The maximum atomic E-state index is 3.64. The maximum absolute atomic E-state index is 3.64. The molecular weight excluding hydrogens is 210 g/mol. The standard InChI is InChI=1S/C14H31N3/c1-6-13-12-17(11-10-16(13)5)9-8-15-14(3,4)7-2/h13,15H,6-12H2,1-5H3. The molecule has 1 rings (SSSR count). The number of nitrogens with zero attached hydrogens (tertiary/aromatic N) is 2. The Labute approximate surface area is 108 Å². The minimum atomic E-state index is 0.288. The van der Waals surface area contributed by atoms with Crippen LogP contribution in [0.1, 0.15) is 40.5 Å². The first-order valence-corrected chi connectivity index (χ1v) is 7.16. The highest BCUT2D eigenvalue weighted by atomic mass is 15.3. The Kier molecular flexibility index (Phi) is 5.90. The molecule has 0 amide bonds. The Balaban J connectivity index is 2.24. The van der Waals surface area contributed by atoms with Crippen LogP contribution in [0.4, 0.5) is 0 Å². The van der Waals surface area contributed by atoms with Gasteiger partial charge in [0.1, 0.15) is 0 Å². The van der Waals surface area contributed by atoms with Crippen LogP contribution in [0.15, 0.2) is 0 Å². The molecule has 1 aliphatic heterocycles. The number of rotatable bonds is 6. The molecule has 0 aromatic carbocycles. The second-order valence-electron chi connectivity index (χ2n) is 6.01. The summed E-state index contributed by atoms with van der Waals surface area (Å²) in [4.78, 5) is 5.10. The molecule has 1 N–H and O–H groups in total. The first-order valence-electron chi connectivity index (χ1n) is 7.16. The highest BCUT2D eigenvalue weighted by molar-refractivity contribution is 4.81. The van der Waals surface area contributed by atoms with Crippen molar-refractivity contribution in [3.05, 3.63) is 0 Å². The number of likely N-dealkylation sites (N-methyl/N-ethyl adjacent to an activating group) is 1. The van der Waals surface area contributed by atoms with Gasteiger partial charge in [-0.15, -0.1) is 0 Å². The van der Waals surface area contributed by atoms with Gasteiger partial charge in [-0.25, -0.2) is 0 Å². The normalized spacial score (nSPS) is 24.2. The first-order chi connectivity index (χ1) is 7.98. The Bertz CT molecular complexity index is 216. The molecule has 0 radical (unpaired) electrons. The third-order valence-corrected chi connectivity index (χ3v) is 4.25. The van der Waals surface area contributed by atoms with E-state index >= 15 is 0 Å². The minimum absolute atomic E-state index is 0.288. The third kappa shape index (κ3) is 4.94. The van der Waals surface area contributed by atoms with Crippen molar-refractivity contribution >= 4 is 0 Å². The van der Waals surface area contributed by atoms with Gasteiger partial charge < -0.3 is 10.2 Å². The molecule has 0 aromatic rings. The number of nitrogens with one attached hydrogen (secondary N) is 1. The van der Waals surface area contributed by atoms with Crippen LogP contribution in [0.2, 0.25) is 0 Å². The topological polar surface area (TPSA) is 18.5 Å². The monoisotopic (exact) mass is 241 g/mol. The summed E-state index contributed by atoms with van der Waals surface area (Å²) in [5.41, 5.74) is 0.288. The largest absolute Gasteiger partial charge is 0.311 e. The molecule has 102 valence electrons. The lowest BCUT2D eigenvalue weighted by Gasteiger charge is -2.39. The quantitative estimate of drug-likeness (QED) is 0.765. The van der Waals surface area contributed by atoms with E-state index in [2.05, 4.69) is 49.9 Å². The van der Waals surface area contributed by atoms with Gasteiger partial charge in [-0.05, 0) is 33.7 Å². The molecule has 0 aliphatic carbocycles. The smallest absolute Gasteiger partial charge is 0.0218 e. The van der Waals surface area contributed by atoms with Crippen LogP contribution >= 0.6 is 0 Å². The molecule has 0 saturated carbocycles. The van der Waals surface area contributed by atoms with Crippen molar-refractivity contribution in [1.29, 1.82) is 0 Å². The maximum Gasteiger partial charge on any atom is 0.0218 e. The van der Waals surface area contributed by atoms with E-state index < -0.39 is 0 Å². The fourth-order valence-corrected chi connectivity index (χ4v) is 2.33. The highest BCUT2D eigenvalue weighted by Crippen LogP contribution is 2.10. The molecule has 1 atom stereocenters. The predicted molar refractivity (Wildman–Crippen MR) is 75.5 cm³/mol. The Morgan fingerprint density at radius 2 is 1.94 bits per heavy atom. The van der Waals surface area contributed by atoms with Gasteiger partial charge in [-0.2, -0.15) is 0 Å². The zero-order chi connectivity index (χ0) is 12.9. The summed E-state index contributed by atoms with van der Waals surface area (Å²) < 4.78 is 0. The van der Waals surface area contributed by atoms with E-state index in [4.69, 9.17) is 0 Å². The predicted octanol–water partition coefficient (Wildman–Crippen LogP) is 1.79. The van der Waals surface area contributed by atoms with Crippen molar-refractivity contribution < 1.29 is 0 Å². The Hall–Kier alpha value is -0.120. The Morgan fingerprint density at radius 3 is 2.53 bits per heavy atom. The van der Waals surface area contributed by atoms with E-state index in [0.29, 0.717) is 0 Å². The molecule has 17 heavy (non-hydrogen) atoms. The zero-order valence-corrected chi connectivity index (χ0v) is 12.4. The van der Waals surface area contributed by atoms with E-state index in [1.807, 2.05) is 0 Å². The number of hydrogen-bond acceptors (Lipinski definition) is 3. The molecule has 1 fully saturated rings. The lowest BCUT2D eigenvalue weighted by Crippen LogP contribution is -2.53. The van der Waals surface area contributed by atoms with E-state index in [-0.39, 0.29) is 5.54 Å². The summed E-state index contributed by atoms with van der Waals surface area (Å²) in [6, 6.07) is 0.753. The molecule has 3 heteroatoms. The molecule has 1 aliphatic rings. The van der Waals surface area contributed by atoms with Gasteiger partial charge in [0.2, 0.25) is 0 Å². The van der Waals surface area contributed by atoms with Gasteiger partial charge in [0.15, 0.2) is 0 Å². The van der Waals surface area contributed by atoms with Crippen molar-refractivity contribution in [3.8, 4) is 0 Å². The fraction of sp³-hybridized carbons (Fsp3) is 1.00. The molecule has 0 aromatic heterocycles.